The van der Waals surface area contributed by atoms with Crippen LogP contribution >= 0.6 is 0 Å². The van der Waals surface area contributed by atoms with Gasteiger partial charge >= 0.3 is 11.9 Å². The smallest absolute Gasteiger partial charge is 0.376 e. The molecule has 0 aromatic heterocycles. The molecule has 76 valence electrons. The first kappa shape index (κ1) is 11.8. The average Bonchev–Trinajstić information content (AvgIpc) is 2.01. The summed E-state index contributed by atoms with van der Waals surface area (Å²) in [4.78, 5) is 10.5. The third-order valence-corrected chi connectivity index (χ3v) is 1.39. The van der Waals surface area contributed by atoms with Crippen molar-refractivity contribution in [3.05, 3.63) is 12.3 Å². The lowest BCUT2D eigenvalue weighted by molar-refractivity contribution is -0.170. The highest BCUT2D eigenvalue weighted by atomic mass is 19.3. The van der Waals surface area contributed by atoms with Gasteiger partial charge in [-0.3, -0.25) is 0 Å². The first-order chi connectivity index (χ1) is 5.81. The molecule has 0 amide bonds. The Balaban J connectivity index is 4.32. The van der Waals surface area contributed by atoms with E-state index in [0.717, 1.165) is 7.11 Å². The summed E-state index contributed by atoms with van der Waals surface area (Å²) in [5.74, 6) is -5.97. The summed E-state index contributed by atoms with van der Waals surface area (Å²) in [7, 11) is 0.843. The van der Waals surface area contributed by atoms with Crippen molar-refractivity contribution in [2.24, 2.45) is 5.73 Å². The summed E-state index contributed by atoms with van der Waals surface area (Å²) in [6, 6.07) is -1.34. The summed E-state index contributed by atoms with van der Waals surface area (Å²) in [5.41, 5.74) is 5.06. The van der Waals surface area contributed by atoms with Crippen molar-refractivity contribution < 1.29 is 23.4 Å². The lowest BCUT2D eigenvalue weighted by atomic mass is 10.1. The monoisotopic (exact) mass is 195 g/mol. The van der Waals surface area contributed by atoms with E-state index in [1.165, 1.54) is 0 Å². The van der Waals surface area contributed by atoms with Gasteiger partial charge in [0.15, 0.2) is 0 Å². The molecule has 0 rings (SSSR count). The van der Waals surface area contributed by atoms with Gasteiger partial charge in [-0.1, -0.05) is 6.58 Å². The lowest BCUT2D eigenvalue weighted by Crippen LogP contribution is -2.38. The molecule has 13 heavy (non-hydrogen) atoms. The minimum absolute atomic E-state index is 0.594. The fraction of sp³-hybridized carbons (Fsp3) is 0.571. The first-order valence-electron chi connectivity index (χ1n) is 3.41. The zero-order chi connectivity index (χ0) is 10.6. The van der Waals surface area contributed by atoms with Crippen LogP contribution in [0.25, 0.3) is 0 Å². The number of carbonyl (C=O) groups excluding carboxylic acids is 1. The minimum Gasteiger partial charge on any atom is -0.511 e. The Morgan fingerprint density at radius 3 is 2.54 bits per heavy atom. The van der Waals surface area contributed by atoms with E-state index in [4.69, 9.17) is 10.8 Å². The number of hydrogen-bond acceptors (Lipinski definition) is 4. The van der Waals surface area contributed by atoms with E-state index in [-0.39, 0.29) is 0 Å². The largest absolute Gasteiger partial charge is 0.511 e. The Morgan fingerprint density at radius 1 is 1.77 bits per heavy atom. The van der Waals surface area contributed by atoms with Crippen LogP contribution in [0.5, 0.6) is 0 Å². The van der Waals surface area contributed by atoms with Crippen molar-refractivity contribution in [2.45, 2.75) is 18.4 Å². The molecule has 4 nitrogen and oxygen atoms in total. The molecule has 0 heterocycles. The van der Waals surface area contributed by atoms with Gasteiger partial charge in [-0.2, -0.15) is 8.78 Å². The lowest BCUT2D eigenvalue weighted by Gasteiger charge is -2.17. The van der Waals surface area contributed by atoms with Crippen LogP contribution in [0.15, 0.2) is 12.3 Å². The average molecular weight is 195 g/mol. The fourth-order valence-corrected chi connectivity index (χ4v) is 0.627. The molecule has 0 aliphatic heterocycles. The molecule has 3 N–H and O–H groups in total. The molecule has 1 atom stereocenters. The van der Waals surface area contributed by atoms with Crippen molar-refractivity contribution in [3.8, 4) is 0 Å². The predicted octanol–water partition coefficient (Wildman–Crippen LogP) is 0.584. The molecule has 0 aromatic rings. The van der Waals surface area contributed by atoms with Crippen LogP contribution in [0.1, 0.15) is 6.42 Å². The standard InChI is InChI=1S/C7H11F2NO3/c1-4(11)5(10)3-7(8,9)6(12)13-2/h5,11H,1,3,10H2,2H3/t5-/m1/s1. The van der Waals surface area contributed by atoms with Gasteiger partial charge in [0.25, 0.3) is 0 Å². The number of nitrogens with two attached hydrogens (primary N) is 1. The molecule has 0 fully saturated rings. The second-order valence-electron chi connectivity index (χ2n) is 2.50. The molecule has 0 bridgehead atoms. The maximum atomic E-state index is 12.7. The van der Waals surface area contributed by atoms with E-state index < -0.39 is 30.1 Å². The highest BCUT2D eigenvalue weighted by molar-refractivity contribution is 5.77. The quantitative estimate of drug-likeness (QED) is 0.508. The van der Waals surface area contributed by atoms with Crippen LogP contribution in [0.3, 0.4) is 0 Å². The molecule has 0 saturated heterocycles. The van der Waals surface area contributed by atoms with Crippen molar-refractivity contribution in [2.75, 3.05) is 7.11 Å². The molecule has 6 heteroatoms. The minimum atomic E-state index is -3.69. The van der Waals surface area contributed by atoms with E-state index in [2.05, 4.69) is 11.3 Å². The van der Waals surface area contributed by atoms with E-state index in [0.29, 0.717) is 0 Å². The fourth-order valence-electron chi connectivity index (χ4n) is 0.627. The second kappa shape index (κ2) is 4.18. The maximum Gasteiger partial charge on any atom is 0.376 e. The van der Waals surface area contributed by atoms with Crippen molar-refractivity contribution >= 4 is 5.97 Å². The van der Waals surface area contributed by atoms with Gasteiger partial charge in [0.2, 0.25) is 0 Å². The zero-order valence-corrected chi connectivity index (χ0v) is 7.09. The number of esters is 1. The Kier molecular flexibility index (Phi) is 3.80. The van der Waals surface area contributed by atoms with Gasteiger partial charge in [-0.25, -0.2) is 4.79 Å². The van der Waals surface area contributed by atoms with E-state index in [1.807, 2.05) is 0 Å². The van der Waals surface area contributed by atoms with E-state index in [9.17, 15) is 13.6 Å². The van der Waals surface area contributed by atoms with Gasteiger partial charge in [-0.15, -0.1) is 0 Å². The number of methoxy groups -OCH3 is 1. The Hall–Kier alpha value is -1.17. The second-order valence-corrected chi connectivity index (χ2v) is 2.50. The number of hydrogen-bond donors (Lipinski definition) is 2. The van der Waals surface area contributed by atoms with Gasteiger partial charge in [-0.05, 0) is 0 Å². The van der Waals surface area contributed by atoms with Crippen LogP contribution in [-0.2, 0) is 9.53 Å². The van der Waals surface area contributed by atoms with Crippen molar-refractivity contribution in [1.29, 1.82) is 0 Å². The summed E-state index contributed by atoms with van der Waals surface area (Å²) in [5, 5.41) is 8.63. The molecule has 0 aliphatic carbocycles. The number of alkyl halides is 2. The normalized spacial score (nSPS) is 13.5. The third-order valence-electron chi connectivity index (χ3n) is 1.39. The molecule has 0 spiro atoms. The Labute approximate surface area is 74.0 Å². The van der Waals surface area contributed by atoms with Crippen LogP contribution in [0, 0.1) is 0 Å². The number of aliphatic hydroxyl groups is 1. The molecule has 0 saturated carbocycles. The Morgan fingerprint density at radius 2 is 2.23 bits per heavy atom. The van der Waals surface area contributed by atoms with Crippen LogP contribution in [-0.4, -0.2) is 30.2 Å². The first-order valence-corrected chi connectivity index (χ1v) is 3.41. The molecular formula is C7H11F2NO3. The van der Waals surface area contributed by atoms with E-state index in [1.54, 1.807) is 0 Å². The number of ether oxygens (including phenoxy) is 1. The number of aliphatic hydroxyl groups excluding tert-OH is 1. The van der Waals surface area contributed by atoms with Gasteiger partial charge < -0.3 is 15.6 Å². The van der Waals surface area contributed by atoms with Crippen LogP contribution in [0.4, 0.5) is 8.78 Å². The van der Waals surface area contributed by atoms with Crippen LogP contribution < -0.4 is 5.73 Å². The zero-order valence-electron chi connectivity index (χ0n) is 7.09. The van der Waals surface area contributed by atoms with Gasteiger partial charge in [0, 0.05) is 6.42 Å². The number of halogens is 2. The third kappa shape index (κ3) is 3.37. The van der Waals surface area contributed by atoms with Crippen LogP contribution in [0.2, 0.25) is 0 Å². The molecule has 0 aliphatic rings. The number of rotatable bonds is 4. The Bertz CT molecular complexity index is 218. The molecule has 0 unspecified atom stereocenters. The van der Waals surface area contributed by atoms with Crippen molar-refractivity contribution in [1.82, 2.24) is 0 Å². The summed E-state index contributed by atoms with van der Waals surface area (Å²) in [6.45, 7) is 2.97. The maximum absolute atomic E-state index is 12.7. The van der Waals surface area contributed by atoms with Crippen molar-refractivity contribution in [3.63, 3.8) is 0 Å². The topological polar surface area (TPSA) is 72.5 Å². The summed E-state index contributed by atoms with van der Waals surface area (Å²) < 4.78 is 29.3. The highest BCUT2D eigenvalue weighted by Gasteiger charge is 2.42. The van der Waals surface area contributed by atoms with Gasteiger partial charge in [0.05, 0.1) is 13.2 Å². The highest BCUT2D eigenvalue weighted by Crippen LogP contribution is 2.22. The van der Waals surface area contributed by atoms with E-state index >= 15 is 0 Å². The van der Waals surface area contributed by atoms with Gasteiger partial charge in [0.1, 0.15) is 5.76 Å². The predicted molar refractivity (Wildman–Crippen MR) is 41.3 cm³/mol. The summed E-state index contributed by atoms with van der Waals surface area (Å²) in [6.07, 6.45) is -1.02. The molecule has 0 radical (unpaired) electrons. The summed E-state index contributed by atoms with van der Waals surface area (Å²) >= 11 is 0. The molecule has 0 aromatic carbocycles. The molecular weight excluding hydrogens is 184 g/mol. The number of carbonyl (C=O) groups is 1. The SMILES string of the molecule is C=C(O)[C@H](N)CC(F)(F)C(=O)OC.